The van der Waals surface area contributed by atoms with Crippen molar-refractivity contribution in [2.45, 2.75) is 19.5 Å². The van der Waals surface area contributed by atoms with Crippen LogP contribution in [0.4, 0.5) is 5.69 Å². The van der Waals surface area contributed by atoms with E-state index in [0.29, 0.717) is 25.3 Å². The maximum Gasteiger partial charge on any atom is 0.272 e. The van der Waals surface area contributed by atoms with Gasteiger partial charge in [0.1, 0.15) is 6.04 Å². The summed E-state index contributed by atoms with van der Waals surface area (Å²) in [7, 11) is 0. The molecule has 2 N–H and O–H groups in total. The van der Waals surface area contributed by atoms with E-state index in [9.17, 15) is 14.9 Å². The van der Waals surface area contributed by atoms with Crippen molar-refractivity contribution in [1.82, 2.24) is 4.90 Å². The average molecular weight is 279 g/mol. The summed E-state index contributed by atoms with van der Waals surface area (Å²) in [5.74, 6) is -0.437. The molecule has 0 spiro atoms. The number of benzene rings is 1. The fourth-order valence-corrected chi connectivity index (χ4v) is 2.35. The van der Waals surface area contributed by atoms with Crippen molar-refractivity contribution in [2.75, 3.05) is 19.8 Å². The Morgan fingerprint density at radius 3 is 3.00 bits per heavy atom. The number of hydrogen-bond acceptors (Lipinski definition) is 5. The monoisotopic (exact) mass is 279 g/mol. The van der Waals surface area contributed by atoms with Crippen LogP contribution in [0.3, 0.4) is 0 Å². The lowest BCUT2D eigenvalue weighted by Gasteiger charge is -2.33. The van der Waals surface area contributed by atoms with Crippen LogP contribution in [0.2, 0.25) is 0 Å². The van der Waals surface area contributed by atoms with Gasteiger partial charge in [0.2, 0.25) is 5.91 Å². The first kappa shape index (κ1) is 14.4. The summed E-state index contributed by atoms with van der Waals surface area (Å²) in [6.07, 6.45) is 0. The van der Waals surface area contributed by atoms with Gasteiger partial charge in [-0.05, 0) is 12.5 Å². The Morgan fingerprint density at radius 2 is 2.35 bits per heavy atom. The Labute approximate surface area is 116 Å². The molecule has 0 unspecified atom stereocenters. The SMILES string of the molecule is Cc1c(CN2CCOC[C@@H]2C(N)=O)cccc1[N+](=O)[O-]. The molecule has 0 radical (unpaired) electrons. The second-order valence-electron chi connectivity index (χ2n) is 4.78. The smallest absolute Gasteiger partial charge is 0.272 e. The van der Waals surface area contributed by atoms with Gasteiger partial charge >= 0.3 is 0 Å². The second-order valence-corrected chi connectivity index (χ2v) is 4.78. The number of carbonyl (C=O) groups excluding carboxylic acids is 1. The minimum absolute atomic E-state index is 0.0892. The van der Waals surface area contributed by atoms with Gasteiger partial charge in [0.15, 0.2) is 0 Å². The number of nitro groups is 1. The molecule has 108 valence electrons. The lowest BCUT2D eigenvalue weighted by molar-refractivity contribution is -0.385. The summed E-state index contributed by atoms with van der Waals surface area (Å²) < 4.78 is 5.25. The second kappa shape index (κ2) is 5.98. The summed E-state index contributed by atoms with van der Waals surface area (Å²) in [5.41, 5.74) is 6.89. The number of morpholine rings is 1. The minimum atomic E-state index is -0.484. The highest BCUT2D eigenvalue weighted by atomic mass is 16.6. The van der Waals surface area contributed by atoms with E-state index in [-0.39, 0.29) is 12.3 Å². The molecule has 1 amide bonds. The molecule has 7 nitrogen and oxygen atoms in total. The predicted octanol–water partition coefficient (Wildman–Crippen LogP) is 0.589. The molecule has 0 aliphatic carbocycles. The van der Waals surface area contributed by atoms with Crippen molar-refractivity contribution >= 4 is 11.6 Å². The van der Waals surface area contributed by atoms with Crippen LogP contribution >= 0.6 is 0 Å². The number of carbonyl (C=O) groups is 1. The molecule has 2 rings (SSSR count). The van der Waals surface area contributed by atoms with Crippen LogP contribution in [-0.4, -0.2) is 41.5 Å². The van der Waals surface area contributed by atoms with Crippen LogP contribution in [0.1, 0.15) is 11.1 Å². The maximum absolute atomic E-state index is 11.4. The van der Waals surface area contributed by atoms with E-state index in [1.807, 2.05) is 11.0 Å². The van der Waals surface area contributed by atoms with Gasteiger partial charge in [0.25, 0.3) is 5.69 Å². The third-order valence-electron chi connectivity index (χ3n) is 3.56. The number of hydrogen-bond donors (Lipinski definition) is 1. The number of ether oxygens (including phenoxy) is 1. The van der Waals surface area contributed by atoms with E-state index in [2.05, 4.69) is 0 Å². The van der Waals surface area contributed by atoms with Crippen molar-refractivity contribution in [3.63, 3.8) is 0 Å². The van der Waals surface area contributed by atoms with E-state index in [1.165, 1.54) is 6.07 Å². The molecule has 1 fully saturated rings. The Kier molecular flexibility index (Phi) is 4.31. The van der Waals surface area contributed by atoms with E-state index < -0.39 is 16.9 Å². The Bertz CT molecular complexity index is 532. The lowest BCUT2D eigenvalue weighted by Crippen LogP contribution is -2.51. The van der Waals surface area contributed by atoms with Crippen molar-refractivity contribution in [2.24, 2.45) is 5.73 Å². The highest BCUT2D eigenvalue weighted by molar-refractivity contribution is 5.80. The van der Waals surface area contributed by atoms with Crippen LogP contribution in [0, 0.1) is 17.0 Å². The van der Waals surface area contributed by atoms with Gasteiger partial charge in [-0.25, -0.2) is 0 Å². The summed E-state index contributed by atoms with van der Waals surface area (Å²) in [6, 6.07) is 4.47. The Morgan fingerprint density at radius 1 is 1.60 bits per heavy atom. The van der Waals surface area contributed by atoms with Crippen molar-refractivity contribution in [3.05, 3.63) is 39.4 Å². The first-order valence-electron chi connectivity index (χ1n) is 6.34. The van der Waals surface area contributed by atoms with Crippen LogP contribution < -0.4 is 5.73 Å². The topological polar surface area (TPSA) is 98.7 Å². The molecule has 1 saturated heterocycles. The average Bonchev–Trinajstić information content (AvgIpc) is 2.41. The third-order valence-corrected chi connectivity index (χ3v) is 3.56. The fourth-order valence-electron chi connectivity index (χ4n) is 2.35. The van der Waals surface area contributed by atoms with Crippen LogP contribution in [0.15, 0.2) is 18.2 Å². The maximum atomic E-state index is 11.4. The third kappa shape index (κ3) is 2.94. The summed E-state index contributed by atoms with van der Waals surface area (Å²) in [6.45, 7) is 3.54. The highest BCUT2D eigenvalue weighted by Crippen LogP contribution is 2.23. The highest BCUT2D eigenvalue weighted by Gasteiger charge is 2.28. The van der Waals surface area contributed by atoms with Crippen LogP contribution in [0.25, 0.3) is 0 Å². The van der Waals surface area contributed by atoms with E-state index in [1.54, 1.807) is 13.0 Å². The van der Waals surface area contributed by atoms with E-state index >= 15 is 0 Å². The zero-order chi connectivity index (χ0) is 14.7. The molecule has 1 aromatic carbocycles. The summed E-state index contributed by atoms with van der Waals surface area (Å²) in [4.78, 5) is 23.8. The van der Waals surface area contributed by atoms with Gasteiger partial charge in [-0.2, -0.15) is 0 Å². The number of nitrogens with two attached hydrogens (primary N) is 1. The first-order chi connectivity index (χ1) is 9.50. The number of rotatable bonds is 4. The zero-order valence-corrected chi connectivity index (χ0v) is 11.2. The number of nitrogens with zero attached hydrogens (tertiary/aromatic N) is 2. The van der Waals surface area contributed by atoms with Crippen molar-refractivity contribution in [3.8, 4) is 0 Å². The van der Waals surface area contributed by atoms with E-state index in [4.69, 9.17) is 10.5 Å². The Hall–Kier alpha value is -1.99. The fraction of sp³-hybridized carbons (Fsp3) is 0.462. The molecule has 1 heterocycles. The minimum Gasteiger partial charge on any atom is -0.378 e. The summed E-state index contributed by atoms with van der Waals surface area (Å²) >= 11 is 0. The zero-order valence-electron chi connectivity index (χ0n) is 11.2. The molecule has 1 aromatic rings. The first-order valence-corrected chi connectivity index (χ1v) is 6.34. The normalized spacial score (nSPS) is 19.8. The van der Waals surface area contributed by atoms with Gasteiger partial charge in [0, 0.05) is 24.7 Å². The van der Waals surface area contributed by atoms with Gasteiger partial charge in [-0.3, -0.25) is 19.8 Å². The number of nitro benzene ring substituents is 1. The Balaban J connectivity index is 2.22. The number of primary amides is 1. The molecule has 1 aliphatic rings. The molecular formula is C13H17N3O4. The molecule has 0 bridgehead atoms. The standard InChI is InChI=1S/C13H17N3O4/c1-9-10(3-2-4-11(9)16(18)19)7-15-5-6-20-8-12(15)13(14)17/h2-4,12H,5-8H2,1H3,(H2,14,17)/t12-/m1/s1. The molecule has 1 aliphatic heterocycles. The van der Waals surface area contributed by atoms with Crippen LogP contribution in [0.5, 0.6) is 0 Å². The molecule has 7 heteroatoms. The predicted molar refractivity (Wildman–Crippen MR) is 72.0 cm³/mol. The molecule has 0 saturated carbocycles. The van der Waals surface area contributed by atoms with Crippen molar-refractivity contribution < 1.29 is 14.5 Å². The molecule has 1 atom stereocenters. The van der Waals surface area contributed by atoms with Gasteiger partial charge in [0.05, 0.1) is 18.1 Å². The summed E-state index contributed by atoms with van der Waals surface area (Å²) in [5, 5.41) is 10.9. The lowest BCUT2D eigenvalue weighted by atomic mass is 10.0. The van der Waals surface area contributed by atoms with Crippen LogP contribution in [-0.2, 0) is 16.1 Å². The quantitative estimate of drug-likeness (QED) is 0.642. The van der Waals surface area contributed by atoms with Crippen molar-refractivity contribution in [1.29, 1.82) is 0 Å². The van der Waals surface area contributed by atoms with Gasteiger partial charge < -0.3 is 10.5 Å². The molecular weight excluding hydrogens is 262 g/mol. The van der Waals surface area contributed by atoms with E-state index in [0.717, 1.165) is 5.56 Å². The van der Waals surface area contributed by atoms with Gasteiger partial charge in [-0.1, -0.05) is 12.1 Å². The van der Waals surface area contributed by atoms with Gasteiger partial charge in [-0.15, -0.1) is 0 Å². The molecule has 20 heavy (non-hydrogen) atoms. The molecule has 0 aromatic heterocycles. The number of amides is 1. The largest absolute Gasteiger partial charge is 0.378 e.